The van der Waals surface area contributed by atoms with E-state index >= 15 is 0 Å². The number of rotatable bonds is 3. The van der Waals surface area contributed by atoms with Crippen LogP contribution in [-0.2, 0) is 6.54 Å². The average molecular weight is 274 g/mol. The van der Waals surface area contributed by atoms with Crippen molar-refractivity contribution in [3.8, 4) is 0 Å². The number of hydrazine groups is 1. The number of anilines is 1. The van der Waals surface area contributed by atoms with Crippen molar-refractivity contribution >= 4 is 27.4 Å². The van der Waals surface area contributed by atoms with Gasteiger partial charge in [-0.15, -0.1) is 10.2 Å². The smallest absolute Gasteiger partial charge is 0.261 e. The van der Waals surface area contributed by atoms with Crippen molar-refractivity contribution in [2.75, 3.05) is 5.43 Å². The molecule has 0 bridgehead atoms. The van der Waals surface area contributed by atoms with Gasteiger partial charge >= 0.3 is 0 Å². The van der Waals surface area contributed by atoms with E-state index in [9.17, 15) is 4.79 Å². The molecular weight excluding hydrogens is 264 g/mol. The predicted molar refractivity (Wildman–Crippen MR) is 72.8 cm³/mol. The van der Waals surface area contributed by atoms with Crippen molar-refractivity contribution in [3.63, 3.8) is 0 Å². The summed E-state index contributed by atoms with van der Waals surface area (Å²) in [6.07, 6.45) is 1.52. The second-order valence-electron chi connectivity index (χ2n) is 3.84. The molecule has 1 aromatic carbocycles. The number of nitrogens with two attached hydrogens (primary N) is 1. The molecule has 0 saturated carbocycles. The Hall–Kier alpha value is -2.32. The molecule has 0 unspecified atom stereocenters. The second kappa shape index (κ2) is 4.75. The molecule has 96 valence electrons. The van der Waals surface area contributed by atoms with E-state index in [0.29, 0.717) is 27.6 Å². The highest BCUT2D eigenvalue weighted by atomic mass is 32.1. The zero-order chi connectivity index (χ0) is 13.2. The number of nitrogen functional groups attached to an aromatic ring is 1. The van der Waals surface area contributed by atoms with Gasteiger partial charge in [0.2, 0.25) is 5.13 Å². The summed E-state index contributed by atoms with van der Waals surface area (Å²) in [5, 5.41) is 9.55. The van der Waals surface area contributed by atoms with Crippen LogP contribution >= 0.6 is 11.3 Å². The van der Waals surface area contributed by atoms with Crippen LogP contribution in [0.1, 0.15) is 5.01 Å². The lowest BCUT2D eigenvalue weighted by Crippen LogP contribution is -2.21. The third kappa shape index (κ3) is 2.18. The highest BCUT2D eigenvalue weighted by Gasteiger charge is 2.07. The van der Waals surface area contributed by atoms with Crippen molar-refractivity contribution in [1.82, 2.24) is 19.7 Å². The van der Waals surface area contributed by atoms with Crippen LogP contribution in [0.15, 0.2) is 35.4 Å². The minimum Gasteiger partial charge on any atom is -0.298 e. The number of para-hydroxylation sites is 1. The van der Waals surface area contributed by atoms with Crippen LogP contribution in [0.2, 0.25) is 0 Å². The van der Waals surface area contributed by atoms with E-state index in [4.69, 9.17) is 5.84 Å². The fourth-order valence-corrected chi connectivity index (χ4v) is 2.39. The highest BCUT2D eigenvalue weighted by Crippen LogP contribution is 2.14. The van der Waals surface area contributed by atoms with Gasteiger partial charge in [0.05, 0.1) is 23.8 Å². The molecule has 0 radical (unpaired) electrons. The zero-order valence-corrected chi connectivity index (χ0v) is 10.6. The fraction of sp³-hybridized carbons (Fsp3) is 0.0909. The maximum atomic E-state index is 12.2. The Morgan fingerprint density at radius 2 is 2.16 bits per heavy atom. The molecule has 3 rings (SSSR count). The number of fused-ring (bicyclic) bond motifs is 1. The van der Waals surface area contributed by atoms with Crippen LogP contribution < -0.4 is 16.8 Å². The molecule has 3 N–H and O–H groups in total. The lowest BCUT2D eigenvalue weighted by Gasteiger charge is -2.03. The topological polar surface area (TPSA) is 98.7 Å². The first kappa shape index (κ1) is 11.8. The summed E-state index contributed by atoms with van der Waals surface area (Å²) in [5.41, 5.74) is 3.01. The van der Waals surface area contributed by atoms with Gasteiger partial charge in [-0.3, -0.25) is 14.8 Å². The lowest BCUT2D eigenvalue weighted by molar-refractivity contribution is 0.734. The van der Waals surface area contributed by atoms with Gasteiger partial charge in [0, 0.05) is 0 Å². The number of nitrogens with zero attached hydrogens (tertiary/aromatic N) is 4. The van der Waals surface area contributed by atoms with E-state index in [1.54, 1.807) is 6.07 Å². The predicted octanol–water partition coefficient (Wildman–Crippen LogP) is 0.582. The number of hydrogen-bond acceptors (Lipinski definition) is 7. The molecule has 0 amide bonds. The van der Waals surface area contributed by atoms with Gasteiger partial charge < -0.3 is 0 Å². The fourth-order valence-electron chi connectivity index (χ4n) is 1.74. The summed E-state index contributed by atoms with van der Waals surface area (Å²) in [7, 11) is 0. The molecule has 2 heterocycles. The largest absolute Gasteiger partial charge is 0.298 e. The minimum atomic E-state index is -0.0944. The van der Waals surface area contributed by atoms with E-state index in [0.717, 1.165) is 0 Å². The van der Waals surface area contributed by atoms with Crippen LogP contribution in [0.25, 0.3) is 10.9 Å². The first-order valence-corrected chi connectivity index (χ1v) is 6.33. The summed E-state index contributed by atoms with van der Waals surface area (Å²) >= 11 is 1.30. The van der Waals surface area contributed by atoms with E-state index < -0.39 is 0 Å². The average Bonchev–Trinajstić information content (AvgIpc) is 2.90. The lowest BCUT2D eigenvalue weighted by atomic mass is 10.2. The quantitative estimate of drug-likeness (QED) is 0.535. The van der Waals surface area contributed by atoms with Crippen LogP contribution in [0, 0.1) is 0 Å². The molecular formula is C11H10N6OS. The van der Waals surface area contributed by atoms with Crippen LogP contribution in [-0.4, -0.2) is 19.7 Å². The summed E-state index contributed by atoms with van der Waals surface area (Å²) in [4.78, 5) is 16.5. The Bertz CT molecular complexity index is 780. The maximum absolute atomic E-state index is 12.2. The third-order valence-electron chi connectivity index (χ3n) is 2.63. The van der Waals surface area contributed by atoms with Gasteiger partial charge in [-0.05, 0) is 12.1 Å². The van der Waals surface area contributed by atoms with E-state index in [1.165, 1.54) is 22.2 Å². The standard InChI is InChI=1S/C11H10N6OS/c12-14-11-16-15-9(19-11)5-17-6-13-8-4-2-1-3-7(8)10(17)18/h1-4,6H,5,12H2,(H,14,16). The molecule has 0 saturated heterocycles. The molecule has 0 aliphatic rings. The highest BCUT2D eigenvalue weighted by molar-refractivity contribution is 7.15. The van der Waals surface area contributed by atoms with Crippen LogP contribution in [0.5, 0.6) is 0 Å². The van der Waals surface area contributed by atoms with Crippen molar-refractivity contribution in [2.45, 2.75) is 6.54 Å². The Morgan fingerprint density at radius 1 is 1.32 bits per heavy atom. The maximum Gasteiger partial charge on any atom is 0.261 e. The molecule has 7 nitrogen and oxygen atoms in total. The molecule has 0 atom stereocenters. The SMILES string of the molecule is NNc1nnc(Cn2cnc3ccccc3c2=O)s1. The van der Waals surface area contributed by atoms with Crippen LogP contribution in [0.4, 0.5) is 5.13 Å². The Kier molecular flexibility index (Phi) is 2.94. The molecule has 0 aliphatic heterocycles. The van der Waals surface area contributed by atoms with Gasteiger partial charge in [-0.2, -0.15) is 0 Å². The summed E-state index contributed by atoms with van der Waals surface area (Å²) < 4.78 is 1.50. The van der Waals surface area contributed by atoms with E-state index in [-0.39, 0.29) is 5.56 Å². The molecule has 19 heavy (non-hydrogen) atoms. The third-order valence-corrected chi connectivity index (χ3v) is 3.47. The molecule has 0 aliphatic carbocycles. The summed E-state index contributed by atoms with van der Waals surface area (Å²) in [6, 6.07) is 7.23. The first-order valence-electron chi connectivity index (χ1n) is 5.51. The van der Waals surface area contributed by atoms with Gasteiger partial charge in [0.25, 0.3) is 5.56 Å². The number of aromatic nitrogens is 4. The second-order valence-corrected chi connectivity index (χ2v) is 4.90. The van der Waals surface area contributed by atoms with E-state index in [2.05, 4.69) is 20.6 Å². The first-order chi connectivity index (χ1) is 9.28. The zero-order valence-electron chi connectivity index (χ0n) is 9.78. The normalized spacial score (nSPS) is 10.8. The van der Waals surface area contributed by atoms with Crippen molar-refractivity contribution in [1.29, 1.82) is 0 Å². The van der Waals surface area contributed by atoms with Gasteiger partial charge in [-0.25, -0.2) is 10.8 Å². The van der Waals surface area contributed by atoms with Gasteiger partial charge in [0.1, 0.15) is 5.01 Å². The van der Waals surface area contributed by atoms with Crippen molar-refractivity contribution < 1.29 is 0 Å². The number of hydrogen-bond donors (Lipinski definition) is 2. The summed E-state index contributed by atoms with van der Waals surface area (Å²) in [6.45, 7) is 0.329. The Morgan fingerprint density at radius 3 is 2.95 bits per heavy atom. The molecule has 8 heteroatoms. The Labute approximate surface area is 111 Å². The molecule has 2 aromatic heterocycles. The number of benzene rings is 1. The van der Waals surface area contributed by atoms with Crippen LogP contribution in [0.3, 0.4) is 0 Å². The van der Waals surface area contributed by atoms with Crippen molar-refractivity contribution in [3.05, 3.63) is 46.0 Å². The van der Waals surface area contributed by atoms with Gasteiger partial charge in [-0.1, -0.05) is 23.5 Å². The molecule has 3 aromatic rings. The minimum absolute atomic E-state index is 0.0944. The molecule has 0 fully saturated rings. The Balaban J connectivity index is 2.01. The number of nitrogens with one attached hydrogen (secondary N) is 1. The molecule has 0 spiro atoms. The van der Waals surface area contributed by atoms with E-state index in [1.807, 2.05) is 18.2 Å². The van der Waals surface area contributed by atoms with Crippen molar-refractivity contribution in [2.24, 2.45) is 5.84 Å². The monoisotopic (exact) mass is 274 g/mol. The van der Waals surface area contributed by atoms with Gasteiger partial charge in [0.15, 0.2) is 0 Å². The summed E-state index contributed by atoms with van der Waals surface area (Å²) in [5.74, 6) is 5.24.